The van der Waals surface area contributed by atoms with Crippen LogP contribution in [-0.4, -0.2) is 38.0 Å². The number of likely N-dealkylation sites (tertiary alicyclic amines) is 1. The molecule has 0 aliphatic carbocycles. The van der Waals surface area contributed by atoms with E-state index in [9.17, 15) is 4.79 Å². The third kappa shape index (κ3) is 4.98. The summed E-state index contributed by atoms with van der Waals surface area (Å²) in [6, 6.07) is 25.9. The molecule has 0 aromatic heterocycles. The summed E-state index contributed by atoms with van der Waals surface area (Å²) in [5, 5.41) is 0. The standard InChI is InChI=1S/C28H27NO3/c1-31-26-14-8-6-12-22(26)16-24-19-29(18-21-10-4-3-5-11-21)20-25(28(24)30)17-23-13-7-9-15-27(23)32-2/h3-17H,18-20H2,1-2H3/b24-16-,25-17+. The fourth-order valence-corrected chi connectivity index (χ4v) is 4.01. The third-order valence-corrected chi connectivity index (χ3v) is 5.56. The first-order valence-electron chi connectivity index (χ1n) is 10.7. The first-order chi connectivity index (χ1) is 15.7. The molecule has 0 N–H and O–H groups in total. The largest absolute Gasteiger partial charge is 0.496 e. The topological polar surface area (TPSA) is 38.8 Å². The Morgan fingerprint density at radius 1 is 0.719 bits per heavy atom. The molecule has 0 bridgehead atoms. The van der Waals surface area contributed by atoms with E-state index in [4.69, 9.17) is 9.47 Å². The smallest absolute Gasteiger partial charge is 0.187 e. The second kappa shape index (κ2) is 10.1. The van der Waals surface area contributed by atoms with Crippen LogP contribution in [0.5, 0.6) is 11.5 Å². The van der Waals surface area contributed by atoms with E-state index in [1.165, 1.54) is 5.56 Å². The lowest BCUT2D eigenvalue weighted by Gasteiger charge is -2.30. The molecule has 3 aromatic carbocycles. The van der Waals surface area contributed by atoms with Crippen LogP contribution in [-0.2, 0) is 11.3 Å². The fourth-order valence-electron chi connectivity index (χ4n) is 4.01. The number of carbonyl (C=O) groups is 1. The molecule has 1 heterocycles. The second-order valence-corrected chi connectivity index (χ2v) is 7.78. The molecule has 0 saturated carbocycles. The quantitative estimate of drug-likeness (QED) is 0.505. The van der Waals surface area contributed by atoms with Gasteiger partial charge in [-0.25, -0.2) is 0 Å². The number of hydrogen-bond donors (Lipinski definition) is 0. The van der Waals surface area contributed by atoms with Crippen LogP contribution in [0.3, 0.4) is 0 Å². The Morgan fingerprint density at radius 2 is 1.19 bits per heavy atom. The predicted molar refractivity (Wildman–Crippen MR) is 129 cm³/mol. The van der Waals surface area contributed by atoms with Crippen molar-refractivity contribution in [3.8, 4) is 11.5 Å². The maximum absolute atomic E-state index is 13.5. The number of methoxy groups -OCH3 is 2. The molecule has 4 heteroatoms. The SMILES string of the molecule is COc1ccccc1/C=C1/CN(Cc2ccccc2)C/C(=C\c2ccccc2OC)C1=O. The van der Waals surface area contributed by atoms with Gasteiger partial charge in [-0.1, -0.05) is 66.7 Å². The van der Waals surface area contributed by atoms with Crippen molar-refractivity contribution in [1.29, 1.82) is 0 Å². The highest BCUT2D eigenvalue weighted by atomic mass is 16.5. The van der Waals surface area contributed by atoms with Crippen molar-refractivity contribution in [1.82, 2.24) is 4.90 Å². The summed E-state index contributed by atoms with van der Waals surface area (Å²) in [6.45, 7) is 1.92. The Morgan fingerprint density at radius 3 is 1.69 bits per heavy atom. The maximum atomic E-state index is 13.5. The number of hydrogen-bond acceptors (Lipinski definition) is 4. The van der Waals surface area contributed by atoms with Crippen LogP contribution in [0, 0.1) is 0 Å². The van der Waals surface area contributed by atoms with Gasteiger partial charge >= 0.3 is 0 Å². The summed E-state index contributed by atoms with van der Waals surface area (Å²) in [7, 11) is 3.30. The van der Waals surface area contributed by atoms with Gasteiger partial charge in [0.1, 0.15) is 11.5 Å². The molecule has 4 nitrogen and oxygen atoms in total. The van der Waals surface area contributed by atoms with Crippen LogP contribution in [0.1, 0.15) is 16.7 Å². The molecule has 1 saturated heterocycles. The van der Waals surface area contributed by atoms with Gasteiger partial charge < -0.3 is 9.47 Å². The van der Waals surface area contributed by atoms with Crippen molar-refractivity contribution < 1.29 is 14.3 Å². The van der Waals surface area contributed by atoms with Crippen LogP contribution in [0.4, 0.5) is 0 Å². The van der Waals surface area contributed by atoms with Crippen molar-refractivity contribution in [2.45, 2.75) is 6.54 Å². The van der Waals surface area contributed by atoms with E-state index in [1.807, 2.05) is 78.9 Å². The molecule has 1 aliphatic heterocycles. The van der Waals surface area contributed by atoms with Gasteiger partial charge in [-0.3, -0.25) is 9.69 Å². The highest BCUT2D eigenvalue weighted by molar-refractivity contribution is 6.14. The van der Waals surface area contributed by atoms with E-state index in [0.29, 0.717) is 13.1 Å². The lowest BCUT2D eigenvalue weighted by atomic mass is 9.93. The lowest BCUT2D eigenvalue weighted by molar-refractivity contribution is -0.113. The first kappa shape index (κ1) is 21.6. The number of piperidine rings is 1. The molecule has 4 rings (SSSR count). The van der Waals surface area contributed by atoms with Crippen molar-refractivity contribution >= 4 is 17.9 Å². The third-order valence-electron chi connectivity index (χ3n) is 5.56. The predicted octanol–water partition coefficient (Wildman–Crippen LogP) is 5.26. The summed E-state index contributed by atoms with van der Waals surface area (Å²) in [4.78, 5) is 15.8. The lowest BCUT2D eigenvalue weighted by Crippen LogP contribution is -2.37. The Hall–Kier alpha value is -3.63. The van der Waals surface area contributed by atoms with Crippen molar-refractivity contribution in [3.63, 3.8) is 0 Å². The number of ketones is 1. The van der Waals surface area contributed by atoms with E-state index >= 15 is 0 Å². The van der Waals surface area contributed by atoms with Gasteiger partial charge in [0.05, 0.1) is 14.2 Å². The minimum absolute atomic E-state index is 0.0612. The summed E-state index contributed by atoms with van der Waals surface area (Å²) in [5.74, 6) is 1.57. The van der Waals surface area contributed by atoms with Crippen molar-refractivity contribution in [2.24, 2.45) is 0 Å². The van der Waals surface area contributed by atoms with Crippen LogP contribution >= 0.6 is 0 Å². The highest BCUT2D eigenvalue weighted by Gasteiger charge is 2.26. The molecular formula is C28H27NO3. The van der Waals surface area contributed by atoms with Crippen molar-refractivity contribution in [3.05, 3.63) is 107 Å². The van der Waals surface area contributed by atoms with Gasteiger partial charge in [0.25, 0.3) is 0 Å². The zero-order valence-electron chi connectivity index (χ0n) is 18.5. The minimum Gasteiger partial charge on any atom is -0.496 e. The van der Waals surface area contributed by atoms with Gasteiger partial charge in [0.15, 0.2) is 5.78 Å². The maximum Gasteiger partial charge on any atom is 0.187 e. The van der Waals surface area contributed by atoms with E-state index < -0.39 is 0 Å². The van der Waals surface area contributed by atoms with Crippen LogP contribution in [0.2, 0.25) is 0 Å². The molecule has 0 amide bonds. The number of ether oxygens (including phenoxy) is 2. The van der Waals surface area contributed by atoms with E-state index in [0.717, 1.165) is 40.3 Å². The van der Waals surface area contributed by atoms with Crippen LogP contribution in [0.15, 0.2) is 90.0 Å². The van der Waals surface area contributed by atoms with E-state index in [2.05, 4.69) is 17.0 Å². The zero-order valence-corrected chi connectivity index (χ0v) is 18.5. The van der Waals surface area contributed by atoms with E-state index in [1.54, 1.807) is 14.2 Å². The molecule has 162 valence electrons. The Balaban J connectivity index is 1.73. The molecule has 0 radical (unpaired) electrons. The summed E-state index contributed by atoms with van der Waals surface area (Å²) in [5.41, 5.74) is 4.51. The molecular weight excluding hydrogens is 398 g/mol. The average Bonchev–Trinajstić information content (AvgIpc) is 2.83. The number of carbonyl (C=O) groups excluding carboxylic acids is 1. The van der Waals surface area contributed by atoms with E-state index in [-0.39, 0.29) is 5.78 Å². The van der Waals surface area contributed by atoms with Gasteiger partial charge in [-0.05, 0) is 29.8 Å². The highest BCUT2D eigenvalue weighted by Crippen LogP contribution is 2.28. The fraction of sp³-hybridized carbons (Fsp3) is 0.179. The Bertz CT molecular complexity index is 1080. The zero-order chi connectivity index (χ0) is 22.3. The first-order valence-corrected chi connectivity index (χ1v) is 10.7. The molecule has 0 unspecified atom stereocenters. The Labute approximate surface area is 189 Å². The summed E-state index contributed by atoms with van der Waals surface area (Å²) < 4.78 is 11.0. The summed E-state index contributed by atoms with van der Waals surface area (Å²) in [6.07, 6.45) is 3.91. The average molecular weight is 426 g/mol. The van der Waals surface area contributed by atoms with Gasteiger partial charge in [-0.15, -0.1) is 0 Å². The van der Waals surface area contributed by atoms with Gasteiger partial charge in [0, 0.05) is 41.9 Å². The molecule has 32 heavy (non-hydrogen) atoms. The molecule has 0 spiro atoms. The number of benzene rings is 3. The monoisotopic (exact) mass is 425 g/mol. The van der Waals surface area contributed by atoms with Crippen molar-refractivity contribution in [2.75, 3.05) is 27.3 Å². The van der Waals surface area contributed by atoms with Crippen LogP contribution in [0.25, 0.3) is 12.2 Å². The molecule has 1 fully saturated rings. The van der Waals surface area contributed by atoms with Gasteiger partial charge in [-0.2, -0.15) is 0 Å². The second-order valence-electron chi connectivity index (χ2n) is 7.78. The van der Waals surface area contributed by atoms with Gasteiger partial charge in [0.2, 0.25) is 0 Å². The normalized spacial score (nSPS) is 17.0. The number of para-hydroxylation sites is 2. The molecule has 1 aliphatic rings. The number of Topliss-reactive ketones (excluding diaryl/α,β-unsaturated/α-hetero) is 1. The summed E-state index contributed by atoms with van der Waals surface area (Å²) >= 11 is 0. The molecule has 0 atom stereocenters. The minimum atomic E-state index is 0.0612. The number of nitrogens with zero attached hydrogens (tertiary/aromatic N) is 1. The Kier molecular flexibility index (Phi) is 6.83. The molecule has 3 aromatic rings. The number of rotatable bonds is 6. The van der Waals surface area contributed by atoms with Crippen LogP contribution < -0.4 is 9.47 Å².